The Bertz CT molecular complexity index is 1230. The smallest absolute Gasteiger partial charge is 0.306 e. The van der Waals surface area contributed by atoms with Crippen LogP contribution in [-0.4, -0.2) is 32.4 Å². The minimum Gasteiger partial charge on any atom is -0.393 e. The molecule has 1 heterocycles. The van der Waals surface area contributed by atoms with Crippen LogP contribution in [0.5, 0.6) is 0 Å². The third kappa shape index (κ3) is 4.00. The van der Waals surface area contributed by atoms with Crippen LogP contribution in [0, 0.1) is 12.7 Å². The van der Waals surface area contributed by atoms with Crippen molar-refractivity contribution < 1.29 is 23.4 Å². The molecule has 0 spiro atoms. The molecule has 33 heavy (non-hydrogen) atoms. The molecule has 3 aromatic rings. The van der Waals surface area contributed by atoms with Crippen LogP contribution >= 0.6 is 15.9 Å². The molecule has 2 atom stereocenters. The standard InChI is InChI=1S/C24H25BrF3N3O2/c1-12(14-6-5-9-18(20(14)26)24(27,28)23(3,33)11-32)29-22-17-10-19(25)15-7-4-8-16(15)21(17)30-13(2)31-22/h5-6,9-10,12,32-33H,4,7-8,11H2,1-3H3,(H,29,30,31)/t12-,23?/m1/s1. The number of nitrogens with one attached hydrogen (secondary N) is 1. The monoisotopic (exact) mass is 523 g/mol. The van der Waals surface area contributed by atoms with Gasteiger partial charge in [-0.05, 0) is 63.3 Å². The Morgan fingerprint density at radius 1 is 1.21 bits per heavy atom. The second-order valence-corrected chi connectivity index (χ2v) is 9.62. The van der Waals surface area contributed by atoms with E-state index in [0.717, 1.165) is 47.6 Å². The van der Waals surface area contributed by atoms with E-state index in [-0.39, 0.29) is 5.56 Å². The first-order valence-electron chi connectivity index (χ1n) is 10.7. The van der Waals surface area contributed by atoms with Gasteiger partial charge >= 0.3 is 5.92 Å². The Morgan fingerprint density at radius 3 is 2.61 bits per heavy atom. The number of fused-ring (bicyclic) bond motifs is 3. The SMILES string of the molecule is Cc1nc(N[C@H](C)c2cccc(C(F)(F)C(C)(O)CO)c2F)c2cc(Br)c3c(c2n1)CCC3. The van der Waals surface area contributed by atoms with Crippen molar-refractivity contribution in [2.75, 3.05) is 11.9 Å². The van der Waals surface area contributed by atoms with E-state index < -0.39 is 35.6 Å². The summed E-state index contributed by atoms with van der Waals surface area (Å²) in [6, 6.07) is 4.85. The Labute approximate surface area is 198 Å². The summed E-state index contributed by atoms with van der Waals surface area (Å²) in [7, 11) is 0. The van der Waals surface area contributed by atoms with Crippen molar-refractivity contribution in [3.63, 3.8) is 0 Å². The number of hydrogen-bond donors (Lipinski definition) is 3. The number of aromatic nitrogens is 2. The van der Waals surface area contributed by atoms with E-state index in [1.54, 1.807) is 13.8 Å². The van der Waals surface area contributed by atoms with Crippen molar-refractivity contribution in [3.8, 4) is 0 Å². The lowest BCUT2D eigenvalue weighted by Crippen LogP contribution is -2.47. The van der Waals surface area contributed by atoms with Crippen LogP contribution in [0.25, 0.3) is 10.9 Å². The van der Waals surface area contributed by atoms with E-state index in [2.05, 4.69) is 31.2 Å². The molecule has 3 N–H and O–H groups in total. The molecule has 9 heteroatoms. The summed E-state index contributed by atoms with van der Waals surface area (Å²) in [5.41, 5.74) is -0.554. The second kappa shape index (κ2) is 8.52. The first-order valence-corrected chi connectivity index (χ1v) is 11.5. The van der Waals surface area contributed by atoms with Gasteiger partial charge in [-0.15, -0.1) is 0 Å². The van der Waals surface area contributed by atoms with E-state index in [0.29, 0.717) is 11.6 Å². The molecule has 2 aromatic carbocycles. The molecule has 0 amide bonds. The van der Waals surface area contributed by atoms with Gasteiger partial charge in [0.25, 0.3) is 0 Å². The number of rotatable bonds is 6. The van der Waals surface area contributed by atoms with Crippen LogP contribution in [0.4, 0.5) is 19.0 Å². The molecule has 0 saturated carbocycles. The van der Waals surface area contributed by atoms with Crippen molar-refractivity contribution in [1.29, 1.82) is 0 Å². The van der Waals surface area contributed by atoms with Gasteiger partial charge < -0.3 is 15.5 Å². The summed E-state index contributed by atoms with van der Waals surface area (Å²) in [6.45, 7) is 2.98. The Morgan fingerprint density at radius 2 is 1.91 bits per heavy atom. The average Bonchev–Trinajstić information content (AvgIpc) is 3.25. The first kappa shape index (κ1) is 23.9. The van der Waals surface area contributed by atoms with Crippen LogP contribution in [0.2, 0.25) is 0 Å². The highest BCUT2D eigenvalue weighted by atomic mass is 79.9. The topological polar surface area (TPSA) is 78.3 Å². The van der Waals surface area contributed by atoms with Gasteiger partial charge in [0.1, 0.15) is 17.5 Å². The maximum absolute atomic E-state index is 15.3. The molecule has 1 unspecified atom stereocenters. The van der Waals surface area contributed by atoms with Crippen molar-refractivity contribution in [3.05, 3.63) is 62.6 Å². The predicted molar refractivity (Wildman–Crippen MR) is 124 cm³/mol. The molecular formula is C24H25BrF3N3O2. The summed E-state index contributed by atoms with van der Waals surface area (Å²) in [5.74, 6) is -4.10. The molecule has 0 bridgehead atoms. The number of nitrogens with zero attached hydrogens (tertiary/aromatic N) is 2. The summed E-state index contributed by atoms with van der Waals surface area (Å²) >= 11 is 3.63. The largest absolute Gasteiger partial charge is 0.393 e. The van der Waals surface area contributed by atoms with E-state index >= 15 is 4.39 Å². The average molecular weight is 524 g/mol. The summed E-state index contributed by atoms with van der Waals surface area (Å²) in [4.78, 5) is 9.13. The zero-order chi connectivity index (χ0) is 24.1. The molecule has 5 nitrogen and oxygen atoms in total. The molecule has 4 rings (SSSR count). The molecule has 0 radical (unpaired) electrons. The number of aryl methyl sites for hydroxylation is 2. The number of alkyl halides is 2. The second-order valence-electron chi connectivity index (χ2n) is 8.77. The molecule has 0 saturated heterocycles. The quantitative estimate of drug-likeness (QED) is 0.406. The van der Waals surface area contributed by atoms with Crippen LogP contribution in [0.15, 0.2) is 28.7 Å². The number of benzene rings is 2. The fourth-order valence-corrected chi connectivity index (χ4v) is 5.01. The third-order valence-corrected chi connectivity index (χ3v) is 7.00. The number of anilines is 1. The summed E-state index contributed by atoms with van der Waals surface area (Å²) in [5, 5.41) is 23.1. The maximum Gasteiger partial charge on any atom is 0.306 e. The van der Waals surface area contributed by atoms with E-state index in [1.165, 1.54) is 23.3 Å². The highest BCUT2D eigenvalue weighted by Gasteiger charge is 2.52. The minimum atomic E-state index is -3.99. The lowest BCUT2D eigenvalue weighted by atomic mass is 9.90. The van der Waals surface area contributed by atoms with Gasteiger partial charge in [0, 0.05) is 15.4 Å². The summed E-state index contributed by atoms with van der Waals surface area (Å²) in [6.07, 6.45) is 2.92. The van der Waals surface area contributed by atoms with Gasteiger partial charge in [-0.25, -0.2) is 14.4 Å². The van der Waals surface area contributed by atoms with Crippen LogP contribution in [0.3, 0.4) is 0 Å². The van der Waals surface area contributed by atoms with Gasteiger partial charge in [0.05, 0.1) is 23.7 Å². The van der Waals surface area contributed by atoms with Gasteiger partial charge in [-0.3, -0.25) is 0 Å². The van der Waals surface area contributed by atoms with Crippen LogP contribution in [0.1, 0.15) is 54.4 Å². The van der Waals surface area contributed by atoms with Gasteiger partial charge in [-0.2, -0.15) is 8.78 Å². The lowest BCUT2D eigenvalue weighted by Gasteiger charge is -2.32. The van der Waals surface area contributed by atoms with E-state index in [4.69, 9.17) is 0 Å². The molecule has 1 aliphatic rings. The highest BCUT2D eigenvalue weighted by molar-refractivity contribution is 9.10. The third-order valence-electron chi connectivity index (χ3n) is 6.29. The number of halogens is 4. The fraction of sp³-hybridized carbons (Fsp3) is 0.417. The molecular weight excluding hydrogens is 499 g/mol. The Balaban J connectivity index is 1.76. The van der Waals surface area contributed by atoms with Crippen molar-refractivity contribution in [2.45, 2.75) is 57.6 Å². The van der Waals surface area contributed by atoms with Crippen LogP contribution < -0.4 is 5.32 Å². The zero-order valence-electron chi connectivity index (χ0n) is 18.5. The molecule has 0 aliphatic heterocycles. The van der Waals surface area contributed by atoms with E-state index in [1.807, 2.05) is 6.07 Å². The normalized spacial score (nSPS) is 16.5. The number of hydrogen-bond acceptors (Lipinski definition) is 5. The van der Waals surface area contributed by atoms with Gasteiger partial charge in [0.15, 0.2) is 5.60 Å². The van der Waals surface area contributed by atoms with Crippen molar-refractivity contribution >= 4 is 32.7 Å². The zero-order valence-corrected chi connectivity index (χ0v) is 20.1. The highest BCUT2D eigenvalue weighted by Crippen LogP contribution is 2.42. The molecule has 1 aromatic heterocycles. The lowest BCUT2D eigenvalue weighted by molar-refractivity contribution is -0.197. The van der Waals surface area contributed by atoms with Crippen LogP contribution in [-0.2, 0) is 18.8 Å². The van der Waals surface area contributed by atoms with Crippen molar-refractivity contribution in [1.82, 2.24) is 9.97 Å². The van der Waals surface area contributed by atoms with Gasteiger partial charge in [0.2, 0.25) is 0 Å². The minimum absolute atomic E-state index is 0.00874. The Hall–Kier alpha value is -2.23. The fourth-order valence-electron chi connectivity index (χ4n) is 4.34. The van der Waals surface area contributed by atoms with E-state index in [9.17, 15) is 19.0 Å². The molecule has 0 fully saturated rings. The Kier molecular flexibility index (Phi) is 6.18. The summed E-state index contributed by atoms with van der Waals surface area (Å²) < 4.78 is 45.8. The molecule has 1 aliphatic carbocycles. The maximum atomic E-state index is 15.3. The number of aliphatic hydroxyl groups is 2. The molecule has 176 valence electrons. The van der Waals surface area contributed by atoms with Crippen molar-refractivity contribution in [2.24, 2.45) is 0 Å². The van der Waals surface area contributed by atoms with Gasteiger partial charge in [-0.1, -0.05) is 28.1 Å². The number of aliphatic hydroxyl groups excluding tert-OH is 1. The first-order chi connectivity index (χ1) is 15.5. The predicted octanol–water partition coefficient (Wildman–Crippen LogP) is 5.34.